The van der Waals surface area contributed by atoms with Gasteiger partial charge in [-0.1, -0.05) is 23.9 Å². The van der Waals surface area contributed by atoms with Crippen LogP contribution in [0, 0.1) is 5.82 Å². The molecule has 1 aliphatic heterocycles. The number of aromatic nitrogens is 1. The third-order valence-electron chi connectivity index (χ3n) is 5.10. The number of methoxy groups -OCH3 is 1. The number of nitrogens with one attached hydrogen (secondary N) is 1. The second-order valence-corrected chi connectivity index (χ2v) is 7.93. The number of rotatable bonds is 6. The molecule has 0 atom stereocenters. The van der Waals surface area contributed by atoms with Gasteiger partial charge in [-0.15, -0.1) is 0 Å². The number of hydrogen-bond donors (Lipinski definition) is 1. The van der Waals surface area contributed by atoms with E-state index in [1.807, 2.05) is 29.2 Å². The molecular formula is C21H23FN3O3S+. The molecule has 1 saturated heterocycles. The average molecular weight is 416 g/mol. The number of nitrogens with zero attached hydrogens (tertiary/aromatic N) is 2. The predicted octanol–water partition coefficient (Wildman–Crippen LogP) is 1.99. The van der Waals surface area contributed by atoms with Gasteiger partial charge in [-0.2, -0.15) is 0 Å². The van der Waals surface area contributed by atoms with Crippen LogP contribution in [-0.4, -0.2) is 54.8 Å². The third-order valence-corrected chi connectivity index (χ3v) is 5.91. The average Bonchev–Trinajstić information content (AvgIpc) is 3.16. The zero-order chi connectivity index (χ0) is 20.2. The summed E-state index contributed by atoms with van der Waals surface area (Å²) in [4.78, 5) is 20.1. The lowest BCUT2D eigenvalue weighted by Crippen LogP contribution is -3.13. The van der Waals surface area contributed by atoms with Gasteiger partial charge in [0.2, 0.25) is 5.91 Å². The number of piperazine rings is 1. The van der Waals surface area contributed by atoms with Crippen LogP contribution in [0.25, 0.3) is 11.1 Å². The van der Waals surface area contributed by atoms with Crippen molar-refractivity contribution in [1.29, 1.82) is 0 Å². The van der Waals surface area contributed by atoms with Gasteiger partial charge in [0.1, 0.15) is 23.6 Å². The Morgan fingerprint density at radius 3 is 2.83 bits per heavy atom. The van der Waals surface area contributed by atoms with Gasteiger partial charge in [0, 0.05) is 0 Å². The third kappa shape index (κ3) is 4.71. The summed E-state index contributed by atoms with van der Waals surface area (Å²) < 4.78 is 24.6. The Kier molecular flexibility index (Phi) is 6.01. The number of amides is 1. The Bertz CT molecular complexity index is 969. The Balaban J connectivity index is 1.28. The van der Waals surface area contributed by atoms with E-state index in [2.05, 4.69) is 4.98 Å². The molecule has 0 spiro atoms. The first-order valence-corrected chi connectivity index (χ1v) is 10.5. The largest absolute Gasteiger partial charge is 0.496 e. The summed E-state index contributed by atoms with van der Waals surface area (Å²) >= 11 is 1.32. The van der Waals surface area contributed by atoms with E-state index in [-0.39, 0.29) is 11.7 Å². The van der Waals surface area contributed by atoms with E-state index in [0.717, 1.165) is 29.8 Å². The van der Waals surface area contributed by atoms with Gasteiger partial charge in [-0.3, -0.25) is 4.79 Å². The molecule has 4 rings (SSSR count). The van der Waals surface area contributed by atoms with Crippen LogP contribution in [0.1, 0.15) is 5.56 Å². The second kappa shape index (κ2) is 8.84. The quantitative estimate of drug-likeness (QED) is 0.623. The van der Waals surface area contributed by atoms with Crippen molar-refractivity contribution < 1.29 is 23.2 Å². The van der Waals surface area contributed by atoms with Crippen LogP contribution in [0.3, 0.4) is 0 Å². The molecule has 1 aliphatic rings. The van der Waals surface area contributed by atoms with Crippen molar-refractivity contribution in [2.45, 2.75) is 11.8 Å². The maximum Gasteiger partial charge on any atom is 0.257 e. The van der Waals surface area contributed by atoms with Crippen molar-refractivity contribution in [3.63, 3.8) is 0 Å². The fraction of sp³-hybridized carbons (Fsp3) is 0.333. The highest BCUT2D eigenvalue weighted by Gasteiger charge is 2.25. The molecular weight excluding hydrogens is 393 g/mol. The van der Waals surface area contributed by atoms with E-state index in [1.165, 1.54) is 28.8 Å². The summed E-state index contributed by atoms with van der Waals surface area (Å²) in [6.07, 6.45) is 0. The van der Waals surface area contributed by atoms with Crippen LogP contribution in [0.4, 0.5) is 4.39 Å². The maximum absolute atomic E-state index is 13.6. The highest BCUT2D eigenvalue weighted by atomic mass is 32.2. The van der Waals surface area contributed by atoms with Crippen molar-refractivity contribution in [3.8, 4) is 5.75 Å². The molecule has 8 heteroatoms. The lowest BCUT2D eigenvalue weighted by molar-refractivity contribution is -0.917. The lowest BCUT2D eigenvalue weighted by Gasteiger charge is -2.32. The van der Waals surface area contributed by atoms with Crippen LogP contribution in [0.15, 0.2) is 52.1 Å². The number of para-hydroxylation sites is 2. The molecule has 6 nitrogen and oxygen atoms in total. The Morgan fingerprint density at radius 2 is 2.07 bits per heavy atom. The number of oxazole rings is 1. The number of hydrogen-bond acceptors (Lipinski definition) is 5. The Labute approximate surface area is 172 Å². The molecule has 2 aromatic carbocycles. The summed E-state index contributed by atoms with van der Waals surface area (Å²) in [7, 11) is 1.59. The number of halogens is 1. The van der Waals surface area contributed by atoms with Crippen LogP contribution in [-0.2, 0) is 11.3 Å². The lowest BCUT2D eigenvalue weighted by atomic mass is 10.1. The minimum Gasteiger partial charge on any atom is -0.496 e. The van der Waals surface area contributed by atoms with Crippen LogP contribution >= 0.6 is 11.8 Å². The van der Waals surface area contributed by atoms with Crippen LogP contribution in [0.2, 0.25) is 0 Å². The highest BCUT2D eigenvalue weighted by Crippen LogP contribution is 2.23. The van der Waals surface area contributed by atoms with Crippen molar-refractivity contribution in [2.75, 3.05) is 39.0 Å². The molecule has 1 fully saturated rings. The topological polar surface area (TPSA) is 60.0 Å². The first-order chi connectivity index (χ1) is 14.1. The predicted molar refractivity (Wildman–Crippen MR) is 109 cm³/mol. The van der Waals surface area contributed by atoms with E-state index in [1.54, 1.807) is 13.2 Å². The molecule has 0 unspecified atom stereocenters. The molecule has 1 amide bonds. The van der Waals surface area contributed by atoms with Gasteiger partial charge < -0.3 is 19.0 Å². The van der Waals surface area contributed by atoms with Gasteiger partial charge in [-0.25, -0.2) is 9.37 Å². The normalized spacial score (nSPS) is 15.0. The van der Waals surface area contributed by atoms with Crippen molar-refractivity contribution in [1.82, 2.24) is 9.88 Å². The van der Waals surface area contributed by atoms with Crippen LogP contribution in [0.5, 0.6) is 5.75 Å². The molecule has 2 heterocycles. The summed E-state index contributed by atoms with van der Waals surface area (Å²) in [6, 6.07) is 12.2. The van der Waals surface area contributed by atoms with Gasteiger partial charge in [0.15, 0.2) is 5.58 Å². The Hall–Kier alpha value is -2.58. The van der Waals surface area contributed by atoms with Crippen molar-refractivity contribution in [3.05, 3.63) is 53.8 Å². The summed E-state index contributed by atoms with van der Waals surface area (Å²) in [5.74, 6) is 0.830. The fourth-order valence-electron chi connectivity index (χ4n) is 3.53. The molecule has 0 bridgehead atoms. The number of thioether (sulfide) groups is 1. The van der Waals surface area contributed by atoms with E-state index in [4.69, 9.17) is 9.15 Å². The van der Waals surface area contributed by atoms with E-state index < -0.39 is 0 Å². The minimum absolute atomic E-state index is 0.0830. The number of fused-ring (bicyclic) bond motifs is 1. The number of carbonyl (C=O) groups excluding carboxylic acids is 1. The van der Waals surface area contributed by atoms with Crippen molar-refractivity contribution in [2.24, 2.45) is 0 Å². The van der Waals surface area contributed by atoms with Gasteiger partial charge in [-0.05, 0) is 30.3 Å². The monoisotopic (exact) mass is 416 g/mol. The van der Waals surface area contributed by atoms with E-state index in [0.29, 0.717) is 36.4 Å². The standard InChI is InChI=1S/C21H22FN3O3S/c1-27-18-7-6-16(22)12-15(18)13-24-8-10-25(11-9-24)20(26)14-29-21-23-17-4-2-3-5-19(17)28-21/h2-7,12H,8-11,13-14H2,1H3/p+1. The minimum atomic E-state index is -0.259. The molecule has 1 aromatic heterocycles. The highest BCUT2D eigenvalue weighted by molar-refractivity contribution is 7.99. The number of carbonyl (C=O) groups is 1. The second-order valence-electron chi connectivity index (χ2n) is 7.00. The molecule has 1 N–H and O–H groups in total. The van der Waals surface area contributed by atoms with Crippen molar-refractivity contribution >= 4 is 28.8 Å². The maximum atomic E-state index is 13.6. The first kappa shape index (κ1) is 19.7. The molecule has 0 saturated carbocycles. The zero-order valence-electron chi connectivity index (χ0n) is 16.2. The number of quaternary nitrogens is 1. The van der Waals surface area contributed by atoms with Gasteiger partial charge in [0.25, 0.3) is 5.22 Å². The van der Waals surface area contributed by atoms with E-state index >= 15 is 0 Å². The van der Waals surface area contributed by atoms with Gasteiger partial charge in [0.05, 0.1) is 44.6 Å². The zero-order valence-corrected chi connectivity index (χ0v) is 17.0. The molecule has 0 radical (unpaired) electrons. The number of ether oxygens (including phenoxy) is 1. The molecule has 29 heavy (non-hydrogen) atoms. The summed E-state index contributed by atoms with van der Waals surface area (Å²) in [5, 5.41) is 0.516. The number of benzene rings is 2. The first-order valence-electron chi connectivity index (χ1n) is 9.54. The van der Waals surface area contributed by atoms with E-state index in [9.17, 15) is 9.18 Å². The Morgan fingerprint density at radius 1 is 1.28 bits per heavy atom. The molecule has 0 aliphatic carbocycles. The molecule has 3 aromatic rings. The fourth-order valence-corrected chi connectivity index (χ4v) is 4.27. The summed E-state index contributed by atoms with van der Waals surface area (Å²) in [6.45, 7) is 3.68. The van der Waals surface area contributed by atoms with Crippen LogP contribution < -0.4 is 9.64 Å². The smallest absolute Gasteiger partial charge is 0.257 e. The SMILES string of the molecule is COc1ccc(F)cc1C[NH+]1CCN(C(=O)CSc2nc3ccccc3o2)CC1. The van der Waals surface area contributed by atoms with Gasteiger partial charge >= 0.3 is 0 Å². The molecule has 152 valence electrons. The summed E-state index contributed by atoms with van der Waals surface area (Å²) in [5.41, 5.74) is 2.38.